The van der Waals surface area contributed by atoms with Gasteiger partial charge in [0.15, 0.2) is 0 Å². The summed E-state index contributed by atoms with van der Waals surface area (Å²) in [4.78, 5) is 4.45. The van der Waals surface area contributed by atoms with Crippen LogP contribution in [0.15, 0.2) is 24.4 Å². The minimum absolute atomic E-state index is 0.264. The summed E-state index contributed by atoms with van der Waals surface area (Å²) < 4.78 is 0. The second-order valence-corrected chi connectivity index (χ2v) is 6.33. The maximum Gasteiger partial charge on any atom is 0.0447 e. The lowest BCUT2D eigenvalue weighted by atomic mass is 9.81. The molecule has 0 aliphatic heterocycles. The lowest BCUT2D eigenvalue weighted by Crippen LogP contribution is -2.26. The van der Waals surface area contributed by atoms with E-state index in [2.05, 4.69) is 24.0 Å². The summed E-state index contributed by atoms with van der Waals surface area (Å²) in [6.45, 7) is 2.23. The van der Waals surface area contributed by atoms with Crippen LogP contribution in [0.2, 0.25) is 0 Å². The molecular weight excluding hydrogens is 230 g/mol. The highest BCUT2D eigenvalue weighted by molar-refractivity contribution is 6.21. The average Bonchev–Trinajstić information content (AvgIpc) is 3.00. The van der Waals surface area contributed by atoms with Crippen LogP contribution in [-0.2, 0) is 0 Å². The van der Waals surface area contributed by atoms with E-state index in [1.165, 1.54) is 25.7 Å². The van der Waals surface area contributed by atoms with Gasteiger partial charge in [-0.05, 0) is 49.1 Å². The number of alkyl halides is 1. The molecule has 2 saturated carbocycles. The molecule has 0 amide bonds. The number of hydrogen-bond donors (Lipinski definition) is 0. The SMILES string of the molecule is CC(c1ccccn1)C(Cl)C1CC2CCC1C2. The van der Waals surface area contributed by atoms with Crippen LogP contribution >= 0.6 is 11.6 Å². The Labute approximate surface area is 109 Å². The first kappa shape index (κ1) is 11.5. The molecule has 1 aromatic rings. The summed E-state index contributed by atoms with van der Waals surface area (Å²) in [5.74, 6) is 2.98. The van der Waals surface area contributed by atoms with E-state index in [-0.39, 0.29) is 5.38 Å². The third-order valence-electron chi connectivity index (χ3n) is 4.83. The van der Waals surface area contributed by atoms with Crippen molar-refractivity contribution in [1.82, 2.24) is 4.98 Å². The van der Waals surface area contributed by atoms with Crippen molar-refractivity contribution in [2.75, 3.05) is 0 Å². The zero-order valence-corrected chi connectivity index (χ0v) is 11.1. The molecule has 1 aromatic heterocycles. The Morgan fingerprint density at radius 3 is 2.76 bits per heavy atom. The monoisotopic (exact) mass is 249 g/mol. The minimum atomic E-state index is 0.264. The minimum Gasteiger partial charge on any atom is -0.261 e. The maximum absolute atomic E-state index is 6.73. The molecule has 2 heteroatoms. The maximum atomic E-state index is 6.73. The molecule has 5 unspecified atom stereocenters. The van der Waals surface area contributed by atoms with Crippen LogP contribution in [0.25, 0.3) is 0 Å². The highest BCUT2D eigenvalue weighted by Gasteiger charge is 2.44. The number of nitrogens with zero attached hydrogens (tertiary/aromatic N) is 1. The fourth-order valence-electron chi connectivity index (χ4n) is 3.86. The van der Waals surface area contributed by atoms with Crippen molar-refractivity contribution >= 4 is 11.6 Å². The van der Waals surface area contributed by atoms with Crippen LogP contribution in [0.1, 0.15) is 44.2 Å². The van der Waals surface area contributed by atoms with E-state index >= 15 is 0 Å². The molecule has 1 heterocycles. The molecule has 0 aromatic carbocycles. The summed E-state index contributed by atoms with van der Waals surface area (Å²) in [7, 11) is 0. The van der Waals surface area contributed by atoms with E-state index in [1.54, 1.807) is 0 Å². The third kappa shape index (κ3) is 2.10. The molecule has 2 aliphatic rings. The lowest BCUT2D eigenvalue weighted by molar-refractivity contribution is 0.303. The van der Waals surface area contributed by atoms with Crippen molar-refractivity contribution in [3.63, 3.8) is 0 Å². The molecular formula is C15H20ClN. The molecule has 0 N–H and O–H groups in total. The zero-order valence-electron chi connectivity index (χ0n) is 10.3. The number of hydrogen-bond acceptors (Lipinski definition) is 1. The normalized spacial score (nSPS) is 34.8. The summed E-state index contributed by atoms with van der Waals surface area (Å²) in [5, 5.41) is 0.264. The molecule has 0 spiro atoms. The molecule has 2 bridgehead atoms. The smallest absolute Gasteiger partial charge is 0.0447 e. The van der Waals surface area contributed by atoms with E-state index in [0.29, 0.717) is 5.92 Å². The second-order valence-electron chi connectivity index (χ2n) is 5.83. The van der Waals surface area contributed by atoms with Crippen LogP contribution in [0.4, 0.5) is 0 Å². The molecule has 5 atom stereocenters. The van der Waals surface area contributed by atoms with Crippen LogP contribution < -0.4 is 0 Å². The Morgan fingerprint density at radius 2 is 2.18 bits per heavy atom. The van der Waals surface area contributed by atoms with Gasteiger partial charge in [-0.1, -0.05) is 19.4 Å². The number of pyridine rings is 1. The molecule has 3 rings (SSSR count). The van der Waals surface area contributed by atoms with E-state index < -0.39 is 0 Å². The zero-order chi connectivity index (χ0) is 11.8. The largest absolute Gasteiger partial charge is 0.261 e. The summed E-state index contributed by atoms with van der Waals surface area (Å²) in [6, 6.07) is 6.13. The van der Waals surface area contributed by atoms with Gasteiger partial charge in [-0.25, -0.2) is 0 Å². The Kier molecular flexibility index (Phi) is 3.12. The fraction of sp³-hybridized carbons (Fsp3) is 0.667. The van der Waals surface area contributed by atoms with Gasteiger partial charge in [0.1, 0.15) is 0 Å². The van der Waals surface area contributed by atoms with Crippen molar-refractivity contribution in [3.05, 3.63) is 30.1 Å². The summed E-state index contributed by atoms with van der Waals surface area (Å²) in [5.41, 5.74) is 1.15. The third-order valence-corrected chi connectivity index (χ3v) is 5.54. The van der Waals surface area contributed by atoms with E-state index in [9.17, 15) is 0 Å². The van der Waals surface area contributed by atoms with Gasteiger partial charge in [-0.3, -0.25) is 4.98 Å². The Hall–Kier alpha value is -0.560. The van der Waals surface area contributed by atoms with Crippen LogP contribution in [0.5, 0.6) is 0 Å². The van der Waals surface area contributed by atoms with Crippen molar-refractivity contribution in [3.8, 4) is 0 Å². The van der Waals surface area contributed by atoms with Gasteiger partial charge >= 0.3 is 0 Å². The van der Waals surface area contributed by atoms with Crippen LogP contribution in [0, 0.1) is 17.8 Å². The van der Waals surface area contributed by atoms with Crippen molar-refractivity contribution < 1.29 is 0 Å². The van der Waals surface area contributed by atoms with Crippen LogP contribution in [-0.4, -0.2) is 10.4 Å². The number of fused-ring (bicyclic) bond motifs is 2. The number of halogens is 1. The quantitative estimate of drug-likeness (QED) is 0.731. The van der Waals surface area contributed by atoms with E-state index in [4.69, 9.17) is 11.6 Å². The predicted octanol–water partition coefficient (Wildman–Crippen LogP) is 4.23. The van der Waals surface area contributed by atoms with Gasteiger partial charge in [0.25, 0.3) is 0 Å². The van der Waals surface area contributed by atoms with Crippen LogP contribution in [0.3, 0.4) is 0 Å². The second kappa shape index (κ2) is 4.61. The van der Waals surface area contributed by atoms with Gasteiger partial charge in [-0.2, -0.15) is 0 Å². The van der Waals surface area contributed by atoms with E-state index in [1.807, 2.05) is 12.3 Å². The van der Waals surface area contributed by atoms with Crippen molar-refractivity contribution in [1.29, 1.82) is 0 Å². The highest BCUT2D eigenvalue weighted by atomic mass is 35.5. The standard InChI is InChI=1S/C15H20ClN/c1-10(14-4-2-3-7-17-14)15(16)13-9-11-5-6-12(13)8-11/h2-4,7,10-13,15H,5-6,8-9H2,1H3. The van der Waals surface area contributed by atoms with Gasteiger partial charge in [0.05, 0.1) is 0 Å². The highest BCUT2D eigenvalue weighted by Crippen LogP contribution is 2.52. The summed E-state index contributed by atoms with van der Waals surface area (Å²) >= 11 is 6.73. The fourth-order valence-corrected chi connectivity index (χ4v) is 4.30. The van der Waals surface area contributed by atoms with Gasteiger partial charge in [0, 0.05) is 23.2 Å². The van der Waals surface area contributed by atoms with Gasteiger partial charge in [-0.15, -0.1) is 11.6 Å². The van der Waals surface area contributed by atoms with Gasteiger partial charge < -0.3 is 0 Å². The first-order valence-electron chi connectivity index (χ1n) is 6.80. The molecule has 92 valence electrons. The van der Waals surface area contributed by atoms with Gasteiger partial charge in [0.2, 0.25) is 0 Å². The summed E-state index contributed by atoms with van der Waals surface area (Å²) in [6.07, 6.45) is 7.52. The van der Waals surface area contributed by atoms with E-state index in [0.717, 1.165) is 23.4 Å². The molecule has 0 saturated heterocycles. The Bertz CT molecular complexity index is 378. The first-order valence-corrected chi connectivity index (χ1v) is 7.24. The number of aromatic nitrogens is 1. The molecule has 17 heavy (non-hydrogen) atoms. The molecule has 0 radical (unpaired) electrons. The predicted molar refractivity (Wildman–Crippen MR) is 71.2 cm³/mol. The van der Waals surface area contributed by atoms with Crippen molar-refractivity contribution in [2.45, 2.75) is 43.9 Å². The topological polar surface area (TPSA) is 12.9 Å². The Morgan fingerprint density at radius 1 is 1.29 bits per heavy atom. The molecule has 2 aliphatic carbocycles. The average molecular weight is 250 g/mol. The first-order chi connectivity index (χ1) is 8.25. The number of rotatable bonds is 3. The van der Waals surface area contributed by atoms with Crippen molar-refractivity contribution in [2.24, 2.45) is 17.8 Å². The Balaban J connectivity index is 1.72. The molecule has 1 nitrogen and oxygen atoms in total. The molecule has 2 fully saturated rings. The lowest BCUT2D eigenvalue weighted by Gasteiger charge is -2.30.